The maximum atomic E-state index is 10.7. The molecule has 0 atom stereocenters. The smallest absolute Gasteiger partial charge is 0.307 e. The Morgan fingerprint density at radius 2 is 1.95 bits per heavy atom. The van der Waals surface area contributed by atoms with Crippen molar-refractivity contribution in [2.75, 3.05) is 0 Å². The predicted octanol–water partition coefficient (Wildman–Crippen LogP) is 3.17. The van der Waals surface area contributed by atoms with Crippen LogP contribution >= 0.6 is 0 Å². The quantitative estimate of drug-likeness (QED) is 0.650. The number of aromatic hydroxyl groups is 1. The topological polar surface area (TPSA) is 99.3 Å². The number of hydrogen-bond donors (Lipinski definition) is 2. The molecule has 106 valence electrons. The first-order valence-corrected chi connectivity index (χ1v) is 6.09. The minimum Gasteiger partial charge on any atom is -0.507 e. The molecule has 0 saturated heterocycles. The van der Waals surface area contributed by atoms with Gasteiger partial charge in [0, 0.05) is 11.8 Å². The molecule has 6 heteroatoms. The fourth-order valence-corrected chi connectivity index (χ4v) is 1.77. The van der Waals surface area contributed by atoms with Crippen molar-refractivity contribution in [1.29, 1.82) is 0 Å². The van der Waals surface area contributed by atoms with Crippen LogP contribution in [0.1, 0.15) is 11.1 Å². The molecule has 0 aromatic heterocycles. The van der Waals surface area contributed by atoms with E-state index in [1.807, 2.05) is 0 Å². The number of carbonyl (C=O) groups is 1. The molecule has 0 radical (unpaired) electrons. The number of aliphatic carboxylic acids is 1. The zero-order chi connectivity index (χ0) is 15.2. The van der Waals surface area contributed by atoms with E-state index in [0.29, 0.717) is 16.8 Å². The van der Waals surface area contributed by atoms with Gasteiger partial charge in [-0.3, -0.25) is 9.79 Å². The van der Waals surface area contributed by atoms with Gasteiger partial charge in [0.15, 0.2) is 0 Å². The minimum atomic E-state index is -0.918. The van der Waals surface area contributed by atoms with Crippen molar-refractivity contribution in [1.82, 2.24) is 0 Å². The van der Waals surface area contributed by atoms with Crippen molar-refractivity contribution < 1.29 is 15.0 Å². The number of carboxylic acids is 1. The first kappa shape index (κ1) is 14.4. The van der Waals surface area contributed by atoms with Crippen molar-refractivity contribution in [2.24, 2.45) is 10.2 Å². The van der Waals surface area contributed by atoms with E-state index in [4.69, 9.17) is 5.11 Å². The molecule has 21 heavy (non-hydrogen) atoms. The molecule has 2 aromatic rings. The molecule has 2 rings (SSSR count). The van der Waals surface area contributed by atoms with Crippen LogP contribution in [-0.4, -0.2) is 22.4 Å². The van der Waals surface area contributed by atoms with E-state index in [2.05, 4.69) is 10.2 Å². The van der Waals surface area contributed by atoms with Gasteiger partial charge in [-0.15, -0.1) is 4.91 Å². The highest BCUT2D eigenvalue weighted by Crippen LogP contribution is 2.23. The van der Waals surface area contributed by atoms with E-state index in [-0.39, 0.29) is 17.9 Å². The monoisotopic (exact) mass is 284 g/mol. The minimum absolute atomic E-state index is 0.0205. The lowest BCUT2D eigenvalue weighted by Gasteiger charge is -2.00. The second-order valence-corrected chi connectivity index (χ2v) is 4.33. The van der Waals surface area contributed by atoms with Crippen LogP contribution in [0, 0.1) is 4.91 Å². The summed E-state index contributed by atoms with van der Waals surface area (Å²) in [6.07, 6.45) is 1.31. The Labute approximate surface area is 120 Å². The van der Waals surface area contributed by atoms with Crippen LogP contribution in [0.3, 0.4) is 0 Å². The number of rotatable bonds is 5. The average Bonchev–Trinajstić information content (AvgIpc) is 2.46. The molecule has 0 spiro atoms. The first-order valence-electron chi connectivity index (χ1n) is 6.09. The Bertz CT molecular complexity index is 711. The zero-order valence-electron chi connectivity index (χ0n) is 10.9. The van der Waals surface area contributed by atoms with Gasteiger partial charge >= 0.3 is 5.97 Å². The maximum absolute atomic E-state index is 10.7. The molecule has 2 N–H and O–H groups in total. The van der Waals surface area contributed by atoms with Crippen LogP contribution in [0.15, 0.2) is 52.6 Å². The van der Waals surface area contributed by atoms with Gasteiger partial charge in [-0.2, -0.15) is 0 Å². The number of nitroso groups, excluding NO2 is 1. The molecular formula is C15H12N2O4. The van der Waals surface area contributed by atoms with E-state index in [0.717, 1.165) is 0 Å². The zero-order valence-corrected chi connectivity index (χ0v) is 10.9. The molecule has 0 fully saturated rings. The number of aliphatic imine (C=N–C) groups is 1. The number of nitrogens with zero attached hydrogens (tertiary/aromatic N) is 2. The lowest BCUT2D eigenvalue weighted by Crippen LogP contribution is -1.99. The molecule has 0 heterocycles. The summed E-state index contributed by atoms with van der Waals surface area (Å²) in [6.45, 7) is 0. The molecule has 0 amide bonds. The van der Waals surface area contributed by atoms with Crippen LogP contribution in [0.25, 0.3) is 0 Å². The normalized spacial score (nSPS) is 10.7. The van der Waals surface area contributed by atoms with Gasteiger partial charge in [-0.05, 0) is 41.1 Å². The molecular weight excluding hydrogens is 272 g/mol. The summed E-state index contributed by atoms with van der Waals surface area (Å²) in [5, 5.41) is 21.2. The Kier molecular flexibility index (Phi) is 4.40. The van der Waals surface area contributed by atoms with Crippen LogP contribution in [0.4, 0.5) is 11.4 Å². The highest BCUT2D eigenvalue weighted by atomic mass is 16.4. The molecule has 0 aliphatic carbocycles. The molecule has 0 saturated carbocycles. The van der Waals surface area contributed by atoms with Crippen molar-refractivity contribution in [2.45, 2.75) is 6.42 Å². The molecule has 0 aliphatic rings. The summed E-state index contributed by atoms with van der Waals surface area (Å²) >= 11 is 0. The van der Waals surface area contributed by atoms with Gasteiger partial charge in [0.05, 0.1) is 12.1 Å². The van der Waals surface area contributed by atoms with Gasteiger partial charge in [0.25, 0.3) is 0 Å². The molecule has 6 nitrogen and oxygen atoms in total. The van der Waals surface area contributed by atoms with Gasteiger partial charge in [0.2, 0.25) is 0 Å². The van der Waals surface area contributed by atoms with E-state index < -0.39 is 5.97 Å². The van der Waals surface area contributed by atoms with Crippen molar-refractivity contribution in [3.8, 4) is 5.75 Å². The Morgan fingerprint density at radius 1 is 1.14 bits per heavy atom. The summed E-state index contributed by atoms with van der Waals surface area (Å²) in [5.41, 5.74) is 1.73. The number of phenolic OH excluding ortho intramolecular Hbond substituents is 1. The molecule has 2 aromatic carbocycles. The summed E-state index contributed by atoms with van der Waals surface area (Å²) in [6, 6.07) is 10.9. The summed E-state index contributed by atoms with van der Waals surface area (Å²) in [4.78, 5) is 25.3. The van der Waals surface area contributed by atoms with Crippen molar-refractivity contribution in [3.63, 3.8) is 0 Å². The van der Waals surface area contributed by atoms with Crippen LogP contribution in [0.5, 0.6) is 5.75 Å². The third kappa shape index (κ3) is 3.97. The fourth-order valence-electron chi connectivity index (χ4n) is 1.77. The van der Waals surface area contributed by atoms with Gasteiger partial charge in [0.1, 0.15) is 11.4 Å². The third-order valence-electron chi connectivity index (χ3n) is 2.74. The second-order valence-electron chi connectivity index (χ2n) is 4.33. The number of benzene rings is 2. The predicted molar refractivity (Wildman–Crippen MR) is 78.6 cm³/mol. The first-order chi connectivity index (χ1) is 10.1. The van der Waals surface area contributed by atoms with E-state index in [9.17, 15) is 14.8 Å². The summed E-state index contributed by atoms with van der Waals surface area (Å²) in [7, 11) is 0. The van der Waals surface area contributed by atoms with E-state index >= 15 is 0 Å². The van der Waals surface area contributed by atoms with Crippen molar-refractivity contribution >= 4 is 23.6 Å². The van der Waals surface area contributed by atoms with Crippen molar-refractivity contribution in [3.05, 3.63) is 58.5 Å². The lowest BCUT2D eigenvalue weighted by atomic mass is 10.1. The fraction of sp³-hybridized carbons (Fsp3) is 0.0667. The van der Waals surface area contributed by atoms with Gasteiger partial charge in [-0.25, -0.2) is 0 Å². The molecule has 0 aliphatic heterocycles. The Morgan fingerprint density at radius 3 is 2.67 bits per heavy atom. The van der Waals surface area contributed by atoms with E-state index in [1.165, 1.54) is 24.4 Å². The van der Waals surface area contributed by atoms with Crippen LogP contribution in [0.2, 0.25) is 0 Å². The second kappa shape index (κ2) is 6.42. The Hall–Kier alpha value is -3.02. The van der Waals surface area contributed by atoms with E-state index in [1.54, 1.807) is 24.3 Å². The maximum Gasteiger partial charge on any atom is 0.307 e. The number of phenols is 1. The van der Waals surface area contributed by atoms with Gasteiger partial charge < -0.3 is 10.2 Å². The highest BCUT2D eigenvalue weighted by Gasteiger charge is 2.02. The third-order valence-corrected chi connectivity index (χ3v) is 2.74. The van der Waals surface area contributed by atoms with Crippen LogP contribution in [-0.2, 0) is 11.2 Å². The summed E-state index contributed by atoms with van der Waals surface area (Å²) in [5.74, 6) is -0.939. The highest BCUT2D eigenvalue weighted by molar-refractivity contribution is 5.86. The number of hydrogen-bond acceptors (Lipinski definition) is 5. The SMILES string of the molecule is O=Nc1ccc(O)c(C=Nc2cccc(CC(=O)O)c2)c1. The molecule has 0 bridgehead atoms. The van der Waals surface area contributed by atoms with Crippen LogP contribution < -0.4 is 0 Å². The number of carboxylic acid groups (broad SMARTS) is 1. The average molecular weight is 284 g/mol. The van der Waals surface area contributed by atoms with Gasteiger partial charge in [-0.1, -0.05) is 12.1 Å². The lowest BCUT2D eigenvalue weighted by molar-refractivity contribution is -0.136. The summed E-state index contributed by atoms with van der Waals surface area (Å²) < 4.78 is 0. The largest absolute Gasteiger partial charge is 0.507 e. The standard InChI is InChI=1S/C15H12N2O4/c18-14-5-4-13(17-21)8-11(14)9-16-12-3-1-2-10(6-12)7-15(19)20/h1-6,8-9,18H,7H2,(H,19,20). The Balaban J connectivity index is 2.25. The molecule has 0 unspecified atom stereocenters.